The molecule has 0 aromatic carbocycles. The Labute approximate surface area is 91.3 Å². The molecule has 1 atom stereocenters. The van der Waals surface area contributed by atoms with Crippen LogP contribution in [0, 0.1) is 0 Å². The van der Waals surface area contributed by atoms with Crippen LogP contribution >= 0.6 is 0 Å². The lowest BCUT2D eigenvalue weighted by Gasteiger charge is -2.14. The monoisotopic (exact) mass is 211 g/mol. The van der Waals surface area contributed by atoms with Gasteiger partial charge in [-0.2, -0.15) is 0 Å². The molecule has 1 heterocycles. The van der Waals surface area contributed by atoms with Crippen LogP contribution in [0.4, 0.5) is 0 Å². The van der Waals surface area contributed by atoms with Crippen molar-refractivity contribution in [2.24, 2.45) is 0 Å². The van der Waals surface area contributed by atoms with Crippen LogP contribution in [-0.2, 0) is 13.1 Å². The van der Waals surface area contributed by atoms with Gasteiger partial charge in [-0.15, -0.1) is 0 Å². The number of hydrogen-bond donors (Lipinski definition) is 2. The highest BCUT2D eigenvalue weighted by molar-refractivity contribution is 4.92. The van der Waals surface area contributed by atoms with Crippen LogP contribution in [0.25, 0.3) is 0 Å². The number of rotatable bonds is 7. The number of aryl methyl sites for hydroxylation is 1. The molecule has 86 valence electrons. The molecular formula is C11H21N3O. The fourth-order valence-electron chi connectivity index (χ4n) is 1.53. The molecule has 4 nitrogen and oxygen atoms in total. The average molecular weight is 211 g/mol. The number of aliphatic hydroxyl groups is 1. The zero-order valence-corrected chi connectivity index (χ0v) is 9.61. The van der Waals surface area contributed by atoms with Gasteiger partial charge in [0.25, 0.3) is 0 Å². The summed E-state index contributed by atoms with van der Waals surface area (Å²) in [6.07, 6.45) is 5.87. The van der Waals surface area contributed by atoms with Gasteiger partial charge in [0.2, 0.25) is 0 Å². The predicted octanol–water partition coefficient (Wildman–Crippen LogP) is 1.15. The first kappa shape index (κ1) is 12.2. The van der Waals surface area contributed by atoms with E-state index < -0.39 is 0 Å². The summed E-state index contributed by atoms with van der Waals surface area (Å²) in [5, 5.41) is 12.3. The lowest BCUT2D eigenvalue weighted by molar-refractivity contribution is 0.237. The molecule has 0 saturated carbocycles. The summed E-state index contributed by atoms with van der Waals surface area (Å²) in [6.45, 7) is 6.14. The number of aliphatic hydroxyl groups excluding tert-OH is 1. The van der Waals surface area contributed by atoms with Crippen molar-refractivity contribution < 1.29 is 5.11 Å². The number of nitrogens with one attached hydrogen (secondary N) is 1. The highest BCUT2D eigenvalue weighted by atomic mass is 16.3. The number of imidazole rings is 1. The molecule has 1 rings (SSSR count). The summed E-state index contributed by atoms with van der Waals surface area (Å²) in [4.78, 5) is 4.29. The van der Waals surface area contributed by atoms with Gasteiger partial charge in [-0.25, -0.2) is 4.98 Å². The maximum absolute atomic E-state index is 9.04. The lowest BCUT2D eigenvalue weighted by atomic mass is 10.2. The molecule has 15 heavy (non-hydrogen) atoms. The summed E-state index contributed by atoms with van der Waals surface area (Å²) in [5.41, 5.74) is 0. The Balaban J connectivity index is 2.45. The maximum atomic E-state index is 9.04. The molecule has 0 bridgehead atoms. The van der Waals surface area contributed by atoms with Gasteiger partial charge in [-0.3, -0.25) is 0 Å². The van der Waals surface area contributed by atoms with Crippen molar-refractivity contribution in [3.63, 3.8) is 0 Å². The van der Waals surface area contributed by atoms with Crippen molar-refractivity contribution in [3.05, 3.63) is 18.2 Å². The largest absolute Gasteiger partial charge is 0.395 e. The molecule has 0 aliphatic carbocycles. The molecule has 1 aromatic rings. The summed E-state index contributed by atoms with van der Waals surface area (Å²) in [5.74, 6) is 1.05. The Morgan fingerprint density at radius 2 is 2.33 bits per heavy atom. The minimum atomic E-state index is 0.178. The van der Waals surface area contributed by atoms with Crippen molar-refractivity contribution in [2.45, 2.75) is 45.8 Å². The Bertz CT molecular complexity index is 269. The van der Waals surface area contributed by atoms with E-state index in [-0.39, 0.29) is 12.6 Å². The standard InChI is InChI=1S/C11H21N3O/c1-3-6-14-7-5-12-11(14)8-13-10(4-2)9-15/h5,7,10,13,15H,3-4,6,8-9H2,1-2H3. The molecule has 0 spiro atoms. The quantitative estimate of drug-likeness (QED) is 0.711. The number of aromatic nitrogens is 2. The van der Waals surface area contributed by atoms with Crippen LogP contribution in [-0.4, -0.2) is 27.3 Å². The van der Waals surface area contributed by atoms with Crippen LogP contribution in [0.2, 0.25) is 0 Å². The minimum Gasteiger partial charge on any atom is -0.395 e. The lowest BCUT2D eigenvalue weighted by Crippen LogP contribution is -2.32. The highest BCUT2D eigenvalue weighted by Crippen LogP contribution is 2.00. The van der Waals surface area contributed by atoms with Crippen LogP contribution in [0.1, 0.15) is 32.5 Å². The molecule has 0 aliphatic heterocycles. The van der Waals surface area contributed by atoms with Crippen LogP contribution in [0.3, 0.4) is 0 Å². The van der Waals surface area contributed by atoms with Gasteiger partial charge >= 0.3 is 0 Å². The summed E-state index contributed by atoms with van der Waals surface area (Å²) < 4.78 is 2.15. The maximum Gasteiger partial charge on any atom is 0.122 e. The fraction of sp³-hybridized carbons (Fsp3) is 0.727. The molecule has 4 heteroatoms. The highest BCUT2D eigenvalue weighted by Gasteiger charge is 2.06. The molecule has 2 N–H and O–H groups in total. The molecule has 0 saturated heterocycles. The van der Waals surface area contributed by atoms with E-state index in [1.54, 1.807) is 0 Å². The van der Waals surface area contributed by atoms with Gasteiger partial charge < -0.3 is 15.0 Å². The molecule has 1 unspecified atom stereocenters. The van der Waals surface area contributed by atoms with Gasteiger partial charge in [-0.05, 0) is 12.8 Å². The molecule has 0 radical (unpaired) electrons. The topological polar surface area (TPSA) is 50.1 Å². The second-order valence-electron chi connectivity index (χ2n) is 3.71. The first-order chi connectivity index (χ1) is 7.31. The predicted molar refractivity (Wildman–Crippen MR) is 60.5 cm³/mol. The third kappa shape index (κ3) is 3.64. The summed E-state index contributed by atoms with van der Waals surface area (Å²) in [6, 6.07) is 0.178. The second-order valence-corrected chi connectivity index (χ2v) is 3.71. The van der Waals surface area contributed by atoms with E-state index in [0.29, 0.717) is 0 Å². The van der Waals surface area contributed by atoms with Gasteiger partial charge in [0.05, 0.1) is 13.2 Å². The molecule has 0 amide bonds. The third-order valence-electron chi connectivity index (χ3n) is 2.53. The molecular weight excluding hydrogens is 190 g/mol. The summed E-state index contributed by atoms with van der Waals surface area (Å²) >= 11 is 0. The molecule has 0 aliphatic rings. The van der Waals surface area contributed by atoms with Gasteiger partial charge in [0, 0.05) is 25.0 Å². The molecule has 0 fully saturated rings. The average Bonchev–Trinajstić information content (AvgIpc) is 2.68. The first-order valence-corrected chi connectivity index (χ1v) is 5.66. The van der Waals surface area contributed by atoms with Crippen LogP contribution in [0.5, 0.6) is 0 Å². The molecule has 1 aromatic heterocycles. The van der Waals surface area contributed by atoms with Crippen LogP contribution in [0.15, 0.2) is 12.4 Å². The number of hydrogen-bond acceptors (Lipinski definition) is 3. The van der Waals surface area contributed by atoms with Gasteiger partial charge in [0.1, 0.15) is 5.82 Å². The normalized spacial score (nSPS) is 13.0. The Hall–Kier alpha value is -0.870. The van der Waals surface area contributed by atoms with E-state index in [1.807, 2.05) is 12.4 Å². The zero-order valence-electron chi connectivity index (χ0n) is 9.61. The second kappa shape index (κ2) is 6.58. The Morgan fingerprint density at radius 3 is 2.93 bits per heavy atom. The summed E-state index contributed by atoms with van der Waals surface area (Å²) in [7, 11) is 0. The van der Waals surface area contributed by atoms with Crippen molar-refractivity contribution >= 4 is 0 Å². The Kier molecular flexibility index (Phi) is 5.36. The SMILES string of the molecule is CCCn1ccnc1CNC(CC)CO. The van der Waals surface area contributed by atoms with E-state index in [9.17, 15) is 0 Å². The van der Waals surface area contributed by atoms with Gasteiger partial charge in [-0.1, -0.05) is 13.8 Å². The van der Waals surface area contributed by atoms with E-state index >= 15 is 0 Å². The smallest absolute Gasteiger partial charge is 0.122 e. The van der Waals surface area contributed by atoms with Crippen LogP contribution < -0.4 is 5.32 Å². The van der Waals surface area contributed by atoms with Crippen molar-refractivity contribution in [1.29, 1.82) is 0 Å². The van der Waals surface area contributed by atoms with Crippen molar-refractivity contribution in [3.8, 4) is 0 Å². The van der Waals surface area contributed by atoms with Crippen molar-refractivity contribution in [2.75, 3.05) is 6.61 Å². The first-order valence-electron chi connectivity index (χ1n) is 5.66. The Morgan fingerprint density at radius 1 is 1.53 bits per heavy atom. The van der Waals surface area contributed by atoms with Crippen molar-refractivity contribution in [1.82, 2.24) is 14.9 Å². The van der Waals surface area contributed by atoms with Gasteiger partial charge in [0.15, 0.2) is 0 Å². The van der Waals surface area contributed by atoms with E-state index in [0.717, 1.165) is 31.8 Å². The van der Waals surface area contributed by atoms with E-state index in [1.165, 1.54) is 0 Å². The zero-order chi connectivity index (χ0) is 11.1. The number of nitrogens with zero attached hydrogens (tertiary/aromatic N) is 2. The fourth-order valence-corrected chi connectivity index (χ4v) is 1.53. The van der Waals surface area contributed by atoms with E-state index in [2.05, 4.69) is 28.7 Å². The minimum absolute atomic E-state index is 0.178. The van der Waals surface area contributed by atoms with E-state index in [4.69, 9.17) is 5.11 Å². The third-order valence-corrected chi connectivity index (χ3v) is 2.53.